The fourth-order valence-electron chi connectivity index (χ4n) is 4.26. The van der Waals surface area contributed by atoms with E-state index in [1.807, 2.05) is 6.07 Å². The minimum Gasteiger partial charge on any atom is -0.454 e. The summed E-state index contributed by atoms with van der Waals surface area (Å²) in [6.07, 6.45) is 4.87. The van der Waals surface area contributed by atoms with E-state index >= 15 is 0 Å². The first kappa shape index (κ1) is 16.7. The highest BCUT2D eigenvalue weighted by Gasteiger charge is 2.47. The molecule has 1 saturated heterocycles. The van der Waals surface area contributed by atoms with Gasteiger partial charge in [0.15, 0.2) is 11.5 Å². The van der Waals surface area contributed by atoms with Crippen LogP contribution in [0.1, 0.15) is 38.2 Å². The third-order valence-corrected chi connectivity index (χ3v) is 5.87. The Morgan fingerprint density at radius 2 is 2.00 bits per heavy atom. The summed E-state index contributed by atoms with van der Waals surface area (Å²) in [5.74, 6) is 1.96. The maximum Gasteiger partial charge on any atom is 0.231 e. The Balaban J connectivity index is 1.45. The fraction of sp³-hybridized carbons (Fsp3) is 0.650. The summed E-state index contributed by atoms with van der Waals surface area (Å²) in [6, 6.07) is 6.19. The van der Waals surface area contributed by atoms with Gasteiger partial charge in [0.2, 0.25) is 12.7 Å². The molecule has 1 aromatic carbocycles. The molecular weight excluding hydrogens is 318 g/mol. The van der Waals surface area contributed by atoms with Gasteiger partial charge in [-0.3, -0.25) is 4.79 Å². The third kappa shape index (κ3) is 3.47. The number of carbonyl (C=O) groups is 1. The maximum atomic E-state index is 12.4. The number of methoxy groups -OCH3 is 1. The first-order valence-corrected chi connectivity index (χ1v) is 9.16. The number of hydrogen-bond acceptors (Lipinski definition) is 4. The van der Waals surface area contributed by atoms with E-state index in [0.717, 1.165) is 44.0 Å². The molecule has 136 valence electrons. The van der Waals surface area contributed by atoms with Crippen molar-refractivity contribution in [3.8, 4) is 11.5 Å². The lowest BCUT2D eigenvalue weighted by Gasteiger charge is -2.42. The molecule has 5 nitrogen and oxygen atoms in total. The SMILES string of the molecule is COCC1(CN2CC(C)(Cc3ccc4c(c3)OCO4)CCC2=O)CC1. The summed E-state index contributed by atoms with van der Waals surface area (Å²) in [4.78, 5) is 14.5. The largest absolute Gasteiger partial charge is 0.454 e. The van der Waals surface area contributed by atoms with Crippen molar-refractivity contribution in [2.75, 3.05) is 33.6 Å². The monoisotopic (exact) mass is 345 g/mol. The van der Waals surface area contributed by atoms with Crippen LogP contribution in [0.15, 0.2) is 18.2 Å². The van der Waals surface area contributed by atoms with E-state index in [0.29, 0.717) is 19.1 Å². The van der Waals surface area contributed by atoms with Crippen LogP contribution in [0.3, 0.4) is 0 Å². The first-order chi connectivity index (χ1) is 12.0. The van der Waals surface area contributed by atoms with Crippen LogP contribution in [-0.4, -0.2) is 44.4 Å². The van der Waals surface area contributed by atoms with Crippen molar-refractivity contribution in [3.63, 3.8) is 0 Å². The molecule has 0 radical (unpaired) electrons. The van der Waals surface area contributed by atoms with Gasteiger partial charge in [0, 0.05) is 32.0 Å². The van der Waals surface area contributed by atoms with Gasteiger partial charge < -0.3 is 19.1 Å². The molecule has 1 unspecified atom stereocenters. The van der Waals surface area contributed by atoms with Gasteiger partial charge in [-0.15, -0.1) is 0 Å². The fourth-order valence-corrected chi connectivity index (χ4v) is 4.26. The van der Waals surface area contributed by atoms with Gasteiger partial charge in [0.05, 0.1) is 6.61 Å². The lowest BCUT2D eigenvalue weighted by Crippen LogP contribution is -2.48. The van der Waals surface area contributed by atoms with Crippen molar-refractivity contribution in [2.45, 2.75) is 39.0 Å². The number of benzene rings is 1. The number of piperidine rings is 1. The molecule has 5 heteroatoms. The zero-order chi connectivity index (χ0) is 17.5. The van der Waals surface area contributed by atoms with Crippen molar-refractivity contribution in [1.29, 1.82) is 0 Å². The van der Waals surface area contributed by atoms with Crippen molar-refractivity contribution < 1.29 is 19.0 Å². The summed E-state index contributed by atoms with van der Waals surface area (Å²) in [5.41, 5.74) is 1.56. The van der Waals surface area contributed by atoms with Crippen LogP contribution in [-0.2, 0) is 16.0 Å². The molecule has 0 N–H and O–H groups in total. The summed E-state index contributed by atoms with van der Waals surface area (Å²) < 4.78 is 16.3. The molecule has 1 saturated carbocycles. The average Bonchev–Trinajstić information content (AvgIpc) is 3.16. The normalized spacial score (nSPS) is 26.8. The molecule has 1 amide bonds. The van der Waals surface area contributed by atoms with Gasteiger partial charge in [0.25, 0.3) is 0 Å². The van der Waals surface area contributed by atoms with Crippen LogP contribution in [0.4, 0.5) is 0 Å². The smallest absolute Gasteiger partial charge is 0.231 e. The van der Waals surface area contributed by atoms with Gasteiger partial charge in [0.1, 0.15) is 0 Å². The van der Waals surface area contributed by atoms with Crippen LogP contribution >= 0.6 is 0 Å². The van der Waals surface area contributed by atoms with Crippen molar-refractivity contribution >= 4 is 5.91 Å². The highest BCUT2D eigenvalue weighted by molar-refractivity contribution is 5.77. The number of likely N-dealkylation sites (tertiary alicyclic amines) is 1. The zero-order valence-electron chi connectivity index (χ0n) is 15.2. The summed E-state index contributed by atoms with van der Waals surface area (Å²) >= 11 is 0. The average molecular weight is 345 g/mol. The van der Waals surface area contributed by atoms with Crippen molar-refractivity contribution in [3.05, 3.63) is 23.8 Å². The minimum atomic E-state index is 0.102. The topological polar surface area (TPSA) is 48.0 Å². The quantitative estimate of drug-likeness (QED) is 0.795. The Morgan fingerprint density at radius 1 is 1.20 bits per heavy atom. The zero-order valence-corrected chi connectivity index (χ0v) is 15.2. The van der Waals surface area contributed by atoms with E-state index in [9.17, 15) is 4.79 Å². The van der Waals surface area contributed by atoms with Crippen LogP contribution in [0.2, 0.25) is 0 Å². The van der Waals surface area contributed by atoms with Crippen LogP contribution < -0.4 is 9.47 Å². The van der Waals surface area contributed by atoms with Crippen LogP contribution in [0, 0.1) is 10.8 Å². The van der Waals surface area contributed by atoms with Gasteiger partial charge in [-0.2, -0.15) is 0 Å². The third-order valence-electron chi connectivity index (χ3n) is 5.87. The Bertz CT molecular complexity index is 670. The molecule has 1 aliphatic carbocycles. The van der Waals surface area contributed by atoms with Gasteiger partial charge in [-0.05, 0) is 48.8 Å². The van der Waals surface area contributed by atoms with Crippen LogP contribution in [0.5, 0.6) is 11.5 Å². The van der Waals surface area contributed by atoms with E-state index < -0.39 is 0 Å². The lowest BCUT2D eigenvalue weighted by atomic mass is 9.76. The second-order valence-electron chi connectivity index (χ2n) is 8.36. The predicted octanol–water partition coefficient (Wildman–Crippen LogP) is 3.01. The van der Waals surface area contributed by atoms with Gasteiger partial charge in [-0.25, -0.2) is 0 Å². The van der Waals surface area contributed by atoms with Gasteiger partial charge in [-0.1, -0.05) is 13.0 Å². The molecule has 3 aliphatic rings. The maximum absolute atomic E-state index is 12.4. The number of fused-ring (bicyclic) bond motifs is 1. The molecule has 4 rings (SSSR count). The molecule has 0 spiro atoms. The second kappa shape index (κ2) is 6.20. The van der Waals surface area contributed by atoms with Crippen molar-refractivity contribution in [1.82, 2.24) is 4.90 Å². The number of amides is 1. The molecule has 2 heterocycles. The summed E-state index contributed by atoms with van der Waals surface area (Å²) in [7, 11) is 1.75. The molecule has 0 aromatic heterocycles. The first-order valence-electron chi connectivity index (χ1n) is 9.16. The Hall–Kier alpha value is -1.75. The lowest BCUT2D eigenvalue weighted by molar-refractivity contribution is -0.138. The molecule has 25 heavy (non-hydrogen) atoms. The Kier molecular flexibility index (Phi) is 4.14. The molecule has 2 fully saturated rings. The summed E-state index contributed by atoms with van der Waals surface area (Å²) in [5, 5.41) is 0. The summed E-state index contributed by atoms with van der Waals surface area (Å²) in [6.45, 7) is 5.03. The Labute approximate surface area is 149 Å². The number of nitrogens with zero attached hydrogens (tertiary/aromatic N) is 1. The second-order valence-corrected chi connectivity index (χ2v) is 8.36. The highest BCUT2D eigenvalue weighted by Crippen LogP contribution is 2.48. The molecule has 0 bridgehead atoms. The molecule has 1 aromatic rings. The molecule has 2 aliphatic heterocycles. The van der Waals surface area contributed by atoms with E-state index in [1.165, 1.54) is 18.4 Å². The predicted molar refractivity (Wildman–Crippen MR) is 93.7 cm³/mol. The number of rotatable bonds is 6. The highest BCUT2D eigenvalue weighted by atomic mass is 16.7. The molecule has 1 atom stereocenters. The minimum absolute atomic E-state index is 0.102. The number of ether oxygens (including phenoxy) is 3. The van der Waals surface area contributed by atoms with E-state index in [-0.39, 0.29) is 10.8 Å². The Morgan fingerprint density at radius 3 is 2.76 bits per heavy atom. The standard InChI is InChI=1S/C20H27NO4/c1-19(10-15-3-4-16-17(9-15)25-14-24-16)6-5-18(22)21(11-19)12-20(7-8-20)13-23-2/h3-4,9H,5-8,10-14H2,1-2H3. The van der Waals surface area contributed by atoms with E-state index in [4.69, 9.17) is 14.2 Å². The van der Waals surface area contributed by atoms with Crippen LogP contribution in [0.25, 0.3) is 0 Å². The number of hydrogen-bond donors (Lipinski definition) is 0. The molecular formula is C20H27NO4. The van der Waals surface area contributed by atoms with Crippen molar-refractivity contribution in [2.24, 2.45) is 10.8 Å². The van der Waals surface area contributed by atoms with Gasteiger partial charge >= 0.3 is 0 Å². The number of carbonyl (C=O) groups excluding carboxylic acids is 1. The van der Waals surface area contributed by atoms with E-state index in [1.54, 1.807) is 7.11 Å². The van der Waals surface area contributed by atoms with E-state index in [2.05, 4.69) is 24.0 Å².